The highest BCUT2D eigenvalue weighted by atomic mass is 19.4. The standard InChI is InChI=1S/C12H15F3/c1-8(2)7-10-6-4-5-9(3)11(10)12(13,14)15/h4-6,8H,7H2,1-3H3. The summed E-state index contributed by atoms with van der Waals surface area (Å²) in [7, 11) is 0. The van der Waals surface area contributed by atoms with Crippen molar-refractivity contribution < 1.29 is 13.2 Å². The molecule has 0 amide bonds. The second-order valence-corrected chi connectivity index (χ2v) is 4.20. The summed E-state index contributed by atoms with van der Waals surface area (Å²) in [6.07, 6.45) is -3.77. The lowest BCUT2D eigenvalue weighted by Gasteiger charge is -2.16. The summed E-state index contributed by atoms with van der Waals surface area (Å²) in [6, 6.07) is 4.75. The lowest BCUT2D eigenvalue weighted by molar-refractivity contribution is -0.138. The van der Waals surface area contributed by atoms with Gasteiger partial charge in [0.1, 0.15) is 0 Å². The zero-order chi connectivity index (χ0) is 11.6. The van der Waals surface area contributed by atoms with Crippen LogP contribution in [0.25, 0.3) is 0 Å². The van der Waals surface area contributed by atoms with Crippen LogP contribution in [0.5, 0.6) is 0 Å². The first-order valence-corrected chi connectivity index (χ1v) is 4.98. The summed E-state index contributed by atoms with van der Waals surface area (Å²) in [5, 5.41) is 0. The summed E-state index contributed by atoms with van der Waals surface area (Å²) in [5.41, 5.74) is 0.247. The number of halogens is 3. The lowest BCUT2D eigenvalue weighted by Crippen LogP contribution is -2.12. The molecule has 3 heteroatoms. The van der Waals surface area contributed by atoms with Crippen molar-refractivity contribution in [3.05, 3.63) is 34.9 Å². The van der Waals surface area contributed by atoms with Crippen LogP contribution in [0.3, 0.4) is 0 Å². The molecule has 0 nitrogen and oxygen atoms in total. The number of benzene rings is 1. The molecular weight excluding hydrogens is 201 g/mol. The summed E-state index contributed by atoms with van der Waals surface area (Å²) < 4.78 is 38.3. The maximum Gasteiger partial charge on any atom is 0.416 e. The van der Waals surface area contributed by atoms with Gasteiger partial charge in [0.2, 0.25) is 0 Å². The Morgan fingerprint density at radius 2 is 1.80 bits per heavy atom. The summed E-state index contributed by atoms with van der Waals surface area (Å²) in [5.74, 6) is 0.230. The normalized spacial score (nSPS) is 12.2. The van der Waals surface area contributed by atoms with E-state index in [2.05, 4.69) is 0 Å². The second-order valence-electron chi connectivity index (χ2n) is 4.20. The van der Waals surface area contributed by atoms with E-state index in [0.717, 1.165) is 0 Å². The van der Waals surface area contributed by atoms with E-state index in [1.807, 2.05) is 13.8 Å². The van der Waals surface area contributed by atoms with Gasteiger partial charge in [-0.15, -0.1) is 0 Å². The molecule has 84 valence electrons. The molecule has 0 aromatic heterocycles. The highest BCUT2D eigenvalue weighted by molar-refractivity contribution is 5.37. The van der Waals surface area contributed by atoms with E-state index < -0.39 is 11.7 Å². The van der Waals surface area contributed by atoms with E-state index in [1.54, 1.807) is 12.1 Å². The summed E-state index contributed by atoms with van der Waals surface area (Å²) in [6.45, 7) is 5.34. The molecule has 0 atom stereocenters. The maximum atomic E-state index is 12.8. The van der Waals surface area contributed by atoms with Gasteiger partial charge in [-0.2, -0.15) is 13.2 Å². The van der Waals surface area contributed by atoms with Gasteiger partial charge < -0.3 is 0 Å². The fraction of sp³-hybridized carbons (Fsp3) is 0.500. The molecule has 0 bridgehead atoms. The Kier molecular flexibility index (Phi) is 3.42. The molecule has 0 unspecified atom stereocenters. The van der Waals surface area contributed by atoms with Crippen LogP contribution in [0.15, 0.2) is 18.2 Å². The Hall–Kier alpha value is -0.990. The molecule has 0 heterocycles. The Labute approximate surface area is 88.1 Å². The van der Waals surface area contributed by atoms with Crippen molar-refractivity contribution in [3.8, 4) is 0 Å². The number of rotatable bonds is 2. The van der Waals surface area contributed by atoms with Gasteiger partial charge in [-0.3, -0.25) is 0 Å². The zero-order valence-electron chi connectivity index (χ0n) is 9.15. The van der Waals surface area contributed by atoms with Gasteiger partial charge in [0, 0.05) is 0 Å². The molecule has 0 aliphatic heterocycles. The third-order valence-electron chi connectivity index (χ3n) is 2.27. The van der Waals surface area contributed by atoms with E-state index in [9.17, 15) is 13.2 Å². The molecule has 1 aromatic rings. The van der Waals surface area contributed by atoms with Crippen molar-refractivity contribution in [2.24, 2.45) is 5.92 Å². The van der Waals surface area contributed by atoms with Crippen molar-refractivity contribution in [1.82, 2.24) is 0 Å². The predicted octanol–water partition coefficient (Wildman–Crippen LogP) is 4.21. The van der Waals surface area contributed by atoms with Crippen molar-refractivity contribution in [2.45, 2.75) is 33.4 Å². The molecule has 0 saturated carbocycles. The molecule has 0 saturated heterocycles. The molecule has 0 radical (unpaired) electrons. The van der Waals surface area contributed by atoms with Crippen LogP contribution in [-0.2, 0) is 12.6 Å². The Bertz CT molecular complexity index is 337. The topological polar surface area (TPSA) is 0 Å². The van der Waals surface area contributed by atoms with Gasteiger partial charge in [-0.05, 0) is 30.4 Å². The van der Waals surface area contributed by atoms with Gasteiger partial charge in [0.05, 0.1) is 5.56 Å². The molecule has 0 fully saturated rings. The largest absolute Gasteiger partial charge is 0.416 e. The molecule has 1 aromatic carbocycles. The minimum Gasteiger partial charge on any atom is -0.166 e. The predicted molar refractivity (Wildman–Crippen MR) is 54.7 cm³/mol. The number of hydrogen-bond acceptors (Lipinski definition) is 0. The highest BCUT2D eigenvalue weighted by Gasteiger charge is 2.34. The fourth-order valence-electron chi connectivity index (χ4n) is 1.74. The Morgan fingerprint density at radius 1 is 1.20 bits per heavy atom. The average Bonchev–Trinajstić information content (AvgIpc) is 1.99. The number of alkyl halides is 3. The van der Waals surface area contributed by atoms with Crippen LogP contribution >= 0.6 is 0 Å². The molecule has 0 aliphatic rings. The van der Waals surface area contributed by atoms with E-state index in [-0.39, 0.29) is 5.92 Å². The van der Waals surface area contributed by atoms with Crippen LogP contribution in [0.4, 0.5) is 13.2 Å². The highest BCUT2D eigenvalue weighted by Crippen LogP contribution is 2.35. The van der Waals surface area contributed by atoms with Crippen molar-refractivity contribution in [2.75, 3.05) is 0 Å². The van der Waals surface area contributed by atoms with E-state index in [0.29, 0.717) is 17.5 Å². The third kappa shape index (κ3) is 2.98. The van der Waals surface area contributed by atoms with Gasteiger partial charge in [-0.1, -0.05) is 32.0 Å². The smallest absolute Gasteiger partial charge is 0.166 e. The van der Waals surface area contributed by atoms with Crippen molar-refractivity contribution in [1.29, 1.82) is 0 Å². The second kappa shape index (κ2) is 4.25. The lowest BCUT2D eigenvalue weighted by atomic mass is 9.94. The fourth-order valence-corrected chi connectivity index (χ4v) is 1.74. The van der Waals surface area contributed by atoms with Crippen LogP contribution in [0, 0.1) is 12.8 Å². The first-order chi connectivity index (χ1) is 6.82. The molecule has 0 aliphatic carbocycles. The minimum atomic E-state index is -4.24. The molecule has 15 heavy (non-hydrogen) atoms. The number of hydrogen-bond donors (Lipinski definition) is 0. The van der Waals surface area contributed by atoms with Gasteiger partial charge in [-0.25, -0.2) is 0 Å². The zero-order valence-corrected chi connectivity index (χ0v) is 9.15. The molecule has 1 rings (SSSR count). The third-order valence-corrected chi connectivity index (χ3v) is 2.27. The van der Waals surface area contributed by atoms with E-state index in [4.69, 9.17) is 0 Å². The summed E-state index contributed by atoms with van der Waals surface area (Å²) >= 11 is 0. The van der Waals surface area contributed by atoms with Crippen molar-refractivity contribution in [3.63, 3.8) is 0 Å². The molecular formula is C12H15F3. The SMILES string of the molecule is Cc1cccc(CC(C)C)c1C(F)(F)F. The Morgan fingerprint density at radius 3 is 2.27 bits per heavy atom. The Balaban J connectivity index is 3.21. The van der Waals surface area contributed by atoms with Crippen molar-refractivity contribution >= 4 is 0 Å². The van der Waals surface area contributed by atoms with E-state index >= 15 is 0 Å². The molecule has 0 spiro atoms. The molecule has 0 N–H and O–H groups in total. The van der Waals surface area contributed by atoms with Gasteiger partial charge in [0.15, 0.2) is 0 Å². The van der Waals surface area contributed by atoms with E-state index in [1.165, 1.54) is 13.0 Å². The first-order valence-electron chi connectivity index (χ1n) is 4.98. The van der Waals surface area contributed by atoms with Gasteiger partial charge in [0.25, 0.3) is 0 Å². The van der Waals surface area contributed by atoms with Crippen LogP contribution in [0.1, 0.15) is 30.5 Å². The van der Waals surface area contributed by atoms with Gasteiger partial charge >= 0.3 is 6.18 Å². The quantitative estimate of drug-likeness (QED) is 0.694. The summed E-state index contributed by atoms with van der Waals surface area (Å²) in [4.78, 5) is 0. The first kappa shape index (κ1) is 12.1. The number of aryl methyl sites for hydroxylation is 1. The van der Waals surface area contributed by atoms with Crippen LogP contribution in [-0.4, -0.2) is 0 Å². The average molecular weight is 216 g/mol. The maximum absolute atomic E-state index is 12.8. The van der Waals surface area contributed by atoms with Crippen LogP contribution < -0.4 is 0 Å². The minimum absolute atomic E-state index is 0.230. The monoisotopic (exact) mass is 216 g/mol. The van der Waals surface area contributed by atoms with Crippen LogP contribution in [0.2, 0.25) is 0 Å².